The van der Waals surface area contributed by atoms with Crippen molar-refractivity contribution in [2.75, 3.05) is 0 Å². The molecule has 0 radical (unpaired) electrons. The Balaban J connectivity index is 1.20. The fourth-order valence-electron chi connectivity index (χ4n) is 6.94. The van der Waals surface area contributed by atoms with Gasteiger partial charge < -0.3 is 4.42 Å². The van der Waals surface area contributed by atoms with Gasteiger partial charge in [-0.2, -0.15) is 0 Å². The largest absolute Gasteiger partial charge is 0.456 e. The first-order chi connectivity index (χ1) is 28.9. The average molecular weight is 634 g/mol. The first-order valence-electron chi connectivity index (χ1n) is 21.4. The lowest BCUT2D eigenvalue weighted by Gasteiger charge is -2.18. The molecule has 0 saturated heterocycles. The molecule has 1 heteroatoms. The van der Waals surface area contributed by atoms with Crippen LogP contribution >= 0.6 is 0 Å². The normalized spacial score (nSPS) is 14.8. The molecule has 0 aliphatic carbocycles. The Morgan fingerprint density at radius 3 is 1.63 bits per heavy atom. The van der Waals surface area contributed by atoms with E-state index in [1.165, 1.54) is 0 Å². The molecule has 228 valence electrons. The minimum absolute atomic E-state index is 0.00264. The quantitative estimate of drug-likeness (QED) is 0.176. The first-order valence-corrected chi connectivity index (χ1v) is 15.9. The lowest BCUT2D eigenvalue weighted by atomic mass is 9.85. The van der Waals surface area contributed by atoms with Crippen molar-refractivity contribution in [3.63, 3.8) is 0 Å². The van der Waals surface area contributed by atoms with Crippen LogP contribution in [0, 0.1) is 0 Å². The van der Waals surface area contributed by atoms with Crippen molar-refractivity contribution < 1.29 is 19.5 Å². The van der Waals surface area contributed by atoms with E-state index in [-0.39, 0.29) is 27.5 Å². The fraction of sp³-hybridized carbons (Fsp3) is 0. The Hall–Kier alpha value is -6.44. The van der Waals surface area contributed by atoms with Crippen LogP contribution in [-0.4, -0.2) is 0 Å². The SMILES string of the molecule is [2H]c1c([2H])c(-c2c([2H])c([2H])c3c([2H])c([2H])c([2H])c([2H])c3c2[2H])c([2H])c(-c2c3ccccc3c(-c3ccc(-c4ccc5oc6ccccc6c5c4)cc3)c3ccccc23)c1[2H]. The lowest BCUT2D eigenvalue weighted by Crippen LogP contribution is -1.91. The van der Waals surface area contributed by atoms with E-state index < -0.39 is 66.5 Å². The summed E-state index contributed by atoms with van der Waals surface area (Å²) in [6.07, 6.45) is 0. The Labute approximate surface area is 299 Å². The second-order valence-corrected chi connectivity index (χ2v) is 12.0. The average Bonchev–Trinajstić information content (AvgIpc) is 3.64. The van der Waals surface area contributed by atoms with E-state index in [0.717, 1.165) is 55.0 Å². The molecule has 1 heterocycles. The number of rotatable bonds is 4. The molecule has 0 amide bonds. The van der Waals surface area contributed by atoms with E-state index >= 15 is 0 Å². The van der Waals surface area contributed by atoms with E-state index in [1.54, 1.807) is 0 Å². The molecular formula is C48H30O. The summed E-state index contributed by atoms with van der Waals surface area (Å²) in [5.41, 5.74) is 5.29. The van der Waals surface area contributed by atoms with Crippen LogP contribution in [0.2, 0.25) is 0 Å². The number of furan rings is 1. The maximum Gasteiger partial charge on any atom is 0.135 e. The second kappa shape index (κ2) is 11.1. The number of para-hydroxylation sites is 1. The summed E-state index contributed by atoms with van der Waals surface area (Å²) in [7, 11) is 0. The van der Waals surface area contributed by atoms with Crippen molar-refractivity contribution in [2.24, 2.45) is 0 Å². The van der Waals surface area contributed by atoms with Gasteiger partial charge in [-0.25, -0.2) is 0 Å². The van der Waals surface area contributed by atoms with Gasteiger partial charge in [0.15, 0.2) is 0 Å². The summed E-state index contributed by atoms with van der Waals surface area (Å²) in [5, 5.41) is 4.41. The molecule has 0 aliphatic heterocycles. The molecule has 0 unspecified atom stereocenters. The van der Waals surface area contributed by atoms with Gasteiger partial charge in [-0.05, 0) is 107 Å². The third kappa shape index (κ3) is 4.55. The van der Waals surface area contributed by atoms with E-state index in [2.05, 4.69) is 36.4 Å². The molecule has 1 aromatic heterocycles. The number of hydrogen-bond acceptors (Lipinski definition) is 1. The van der Waals surface area contributed by atoms with Crippen molar-refractivity contribution in [3.8, 4) is 44.5 Å². The minimum atomic E-state index is -0.623. The molecule has 1 nitrogen and oxygen atoms in total. The third-order valence-electron chi connectivity index (χ3n) is 9.19. The molecule has 49 heavy (non-hydrogen) atoms. The Morgan fingerprint density at radius 1 is 0.347 bits per heavy atom. The molecule has 10 aromatic rings. The fourth-order valence-corrected chi connectivity index (χ4v) is 6.94. The Morgan fingerprint density at radius 2 is 0.898 bits per heavy atom. The van der Waals surface area contributed by atoms with E-state index in [9.17, 15) is 4.11 Å². The monoisotopic (exact) mass is 633 g/mol. The predicted molar refractivity (Wildman–Crippen MR) is 208 cm³/mol. The molecular weight excluding hydrogens is 593 g/mol. The summed E-state index contributed by atoms with van der Waals surface area (Å²) >= 11 is 0. The van der Waals surface area contributed by atoms with Crippen LogP contribution < -0.4 is 0 Å². The van der Waals surface area contributed by atoms with Crippen molar-refractivity contribution in [1.29, 1.82) is 0 Å². The van der Waals surface area contributed by atoms with Crippen molar-refractivity contribution in [1.82, 2.24) is 0 Å². The molecule has 0 N–H and O–H groups in total. The molecule has 0 saturated carbocycles. The van der Waals surface area contributed by atoms with Crippen LogP contribution in [0.5, 0.6) is 0 Å². The Kier molecular flexibility index (Phi) is 4.25. The van der Waals surface area contributed by atoms with Gasteiger partial charge in [-0.1, -0.05) is 151 Å². The first kappa shape index (κ1) is 18.8. The zero-order valence-corrected chi connectivity index (χ0v) is 25.9. The van der Waals surface area contributed by atoms with Gasteiger partial charge in [0.2, 0.25) is 0 Å². The van der Waals surface area contributed by atoms with Gasteiger partial charge in [0.05, 0.1) is 15.1 Å². The van der Waals surface area contributed by atoms with Crippen LogP contribution in [-0.2, 0) is 0 Å². The van der Waals surface area contributed by atoms with Crippen LogP contribution in [0.3, 0.4) is 0 Å². The highest BCUT2D eigenvalue weighted by molar-refractivity contribution is 6.21. The molecule has 0 fully saturated rings. The van der Waals surface area contributed by atoms with Crippen LogP contribution in [0.25, 0.3) is 98.8 Å². The van der Waals surface area contributed by atoms with Crippen LogP contribution in [0.15, 0.2) is 186 Å². The van der Waals surface area contributed by atoms with Gasteiger partial charge in [-0.3, -0.25) is 0 Å². The van der Waals surface area contributed by atoms with E-state index in [0.29, 0.717) is 16.3 Å². The highest BCUT2D eigenvalue weighted by Gasteiger charge is 2.17. The number of hydrogen-bond donors (Lipinski definition) is 0. The maximum absolute atomic E-state index is 9.69. The minimum Gasteiger partial charge on any atom is -0.456 e. The highest BCUT2D eigenvalue weighted by atomic mass is 16.3. The molecule has 0 spiro atoms. The molecule has 0 aliphatic rings. The molecule has 0 atom stereocenters. The van der Waals surface area contributed by atoms with Gasteiger partial charge >= 0.3 is 0 Å². The van der Waals surface area contributed by atoms with Crippen molar-refractivity contribution in [2.45, 2.75) is 0 Å². The standard InChI is InChI=1S/C48H30O/c1-2-11-34-28-36(25-22-31(34)10-1)35-12-9-13-38(29-35)48-42-17-5-3-15-40(42)47(41-16-4-6-18-43(41)48)33-23-20-32(21-24-33)37-26-27-46-44(30-37)39-14-7-8-19-45(39)49-46/h1-30H/i1D,2D,9D,10D,11D,12D,13D,22D,25D,28D,29D. The predicted octanol–water partition coefficient (Wildman–Crippen LogP) is 13.7. The maximum atomic E-state index is 9.69. The third-order valence-corrected chi connectivity index (χ3v) is 9.19. The number of fused-ring (bicyclic) bond motifs is 6. The van der Waals surface area contributed by atoms with Gasteiger partial charge in [-0.15, -0.1) is 0 Å². The van der Waals surface area contributed by atoms with Gasteiger partial charge in [0.1, 0.15) is 11.2 Å². The summed E-state index contributed by atoms with van der Waals surface area (Å²) in [4.78, 5) is 0. The van der Waals surface area contributed by atoms with E-state index in [1.807, 2.05) is 78.9 Å². The summed E-state index contributed by atoms with van der Waals surface area (Å²) < 4.78 is 104. The van der Waals surface area contributed by atoms with Crippen molar-refractivity contribution >= 4 is 54.3 Å². The Bertz CT molecular complexity index is 3440. The van der Waals surface area contributed by atoms with Crippen LogP contribution in [0.4, 0.5) is 0 Å². The molecule has 10 rings (SSSR count). The molecule has 9 aromatic carbocycles. The summed E-state index contributed by atoms with van der Waals surface area (Å²) in [6.45, 7) is 0. The van der Waals surface area contributed by atoms with Gasteiger partial charge in [0, 0.05) is 10.8 Å². The smallest absolute Gasteiger partial charge is 0.135 e. The van der Waals surface area contributed by atoms with Crippen molar-refractivity contribution in [3.05, 3.63) is 182 Å². The summed E-state index contributed by atoms with van der Waals surface area (Å²) in [5.74, 6) is 0. The van der Waals surface area contributed by atoms with Gasteiger partial charge in [0.25, 0.3) is 0 Å². The highest BCUT2D eigenvalue weighted by Crippen LogP contribution is 2.44. The molecule has 0 bridgehead atoms. The second-order valence-electron chi connectivity index (χ2n) is 12.0. The lowest BCUT2D eigenvalue weighted by molar-refractivity contribution is 0.669. The van der Waals surface area contributed by atoms with Crippen LogP contribution in [0.1, 0.15) is 15.1 Å². The van der Waals surface area contributed by atoms with E-state index in [4.69, 9.17) is 15.4 Å². The number of benzene rings is 9. The topological polar surface area (TPSA) is 13.1 Å². The summed E-state index contributed by atoms with van der Waals surface area (Å²) in [6, 6.07) is 31.6. The zero-order chi connectivity index (χ0) is 41.9. The zero-order valence-electron chi connectivity index (χ0n) is 36.9.